The SMILES string of the molecule is COc1c([N+](=O)[O-])ccc(Br)c1CBr. The molecule has 1 aromatic carbocycles. The summed E-state index contributed by atoms with van der Waals surface area (Å²) in [7, 11) is 1.42. The van der Waals surface area contributed by atoms with E-state index in [-0.39, 0.29) is 5.69 Å². The fourth-order valence-electron chi connectivity index (χ4n) is 1.09. The molecule has 0 saturated carbocycles. The smallest absolute Gasteiger partial charge is 0.311 e. The summed E-state index contributed by atoms with van der Waals surface area (Å²) in [6.07, 6.45) is 0. The van der Waals surface area contributed by atoms with Crippen molar-refractivity contribution in [2.75, 3.05) is 7.11 Å². The molecule has 6 heteroatoms. The van der Waals surface area contributed by atoms with Crippen LogP contribution in [0.15, 0.2) is 16.6 Å². The summed E-state index contributed by atoms with van der Waals surface area (Å²) in [5, 5.41) is 11.2. The van der Waals surface area contributed by atoms with E-state index in [9.17, 15) is 10.1 Å². The zero-order valence-corrected chi connectivity index (χ0v) is 10.5. The summed E-state index contributed by atoms with van der Waals surface area (Å²) < 4.78 is 5.80. The average molecular weight is 325 g/mol. The number of hydrogen-bond donors (Lipinski definition) is 0. The second-order valence-corrected chi connectivity index (χ2v) is 3.88. The zero-order chi connectivity index (χ0) is 10.7. The number of benzene rings is 1. The van der Waals surface area contributed by atoms with Gasteiger partial charge in [0.1, 0.15) is 0 Å². The van der Waals surface area contributed by atoms with Gasteiger partial charge in [0.05, 0.1) is 12.0 Å². The molecule has 0 amide bonds. The van der Waals surface area contributed by atoms with Gasteiger partial charge in [-0.25, -0.2) is 0 Å². The highest BCUT2D eigenvalue weighted by molar-refractivity contribution is 9.10. The normalized spacial score (nSPS) is 9.93. The van der Waals surface area contributed by atoms with Crippen LogP contribution in [-0.2, 0) is 5.33 Å². The molecule has 0 spiro atoms. The molecule has 4 nitrogen and oxygen atoms in total. The Hall–Kier alpha value is -0.620. The van der Waals surface area contributed by atoms with E-state index in [0.717, 1.165) is 10.0 Å². The van der Waals surface area contributed by atoms with Crippen molar-refractivity contribution in [3.8, 4) is 5.75 Å². The number of methoxy groups -OCH3 is 1. The molecule has 0 aliphatic carbocycles. The minimum atomic E-state index is -0.461. The zero-order valence-electron chi connectivity index (χ0n) is 7.29. The third-order valence-electron chi connectivity index (χ3n) is 1.72. The number of hydrogen-bond acceptors (Lipinski definition) is 3. The quantitative estimate of drug-likeness (QED) is 0.487. The third-order valence-corrected chi connectivity index (χ3v) is 3.02. The first-order valence-electron chi connectivity index (χ1n) is 3.67. The molecular formula is C8H7Br2NO3. The minimum Gasteiger partial charge on any atom is -0.490 e. The van der Waals surface area contributed by atoms with Crippen molar-refractivity contribution in [1.29, 1.82) is 0 Å². The summed E-state index contributed by atoms with van der Waals surface area (Å²) >= 11 is 6.55. The molecule has 0 bridgehead atoms. The first kappa shape index (κ1) is 11.5. The molecule has 0 aliphatic heterocycles. The summed E-state index contributed by atoms with van der Waals surface area (Å²) in [5.74, 6) is 0.293. The van der Waals surface area contributed by atoms with Crippen LogP contribution in [0.2, 0.25) is 0 Å². The molecule has 0 heterocycles. The van der Waals surface area contributed by atoms with E-state index in [4.69, 9.17) is 4.74 Å². The monoisotopic (exact) mass is 323 g/mol. The Labute approximate surface area is 97.7 Å². The second kappa shape index (κ2) is 4.75. The maximum Gasteiger partial charge on any atom is 0.311 e. The van der Waals surface area contributed by atoms with Crippen LogP contribution in [0.3, 0.4) is 0 Å². The Bertz CT molecular complexity index is 368. The van der Waals surface area contributed by atoms with Crippen molar-refractivity contribution in [2.45, 2.75) is 5.33 Å². The van der Waals surface area contributed by atoms with Crippen LogP contribution in [0.25, 0.3) is 0 Å². The number of alkyl halides is 1. The number of ether oxygens (including phenoxy) is 1. The molecule has 0 unspecified atom stereocenters. The first-order valence-corrected chi connectivity index (χ1v) is 5.59. The Morgan fingerprint density at radius 2 is 2.21 bits per heavy atom. The van der Waals surface area contributed by atoms with E-state index in [1.54, 1.807) is 6.07 Å². The summed E-state index contributed by atoms with van der Waals surface area (Å²) in [5.41, 5.74) is 0.715. The average Bonchev–Trinajstić information content (AvgIpc) is 2.16. The van der Waals surface area contributed by atoms with Crippen molar-refractivity contribution < 1.29 is 9.66 Å². The Morgan fingerprint density at radius 3 is 2.64 bits per heavy atom. The molecule has 0 saturated heterocycles. The van der Waals surface area contributed by atoms with Gasteiger partial charge in [-0.1, -0.05) is 31.9 Å². The molecule has 0 radical (unpaired) electrons. The first-order chi connectivity index (χ1) is 6.61. The molecule has 1 aromatic rings. The van der Waals surface area contributed by atoms with Crippen LogP contribution in [-0.4, -0.2) is 12.0 Å². The Morgan fingerprint density at radius 1 is 1.57 bits per heavy atom. The van der Waals surface area contributed by atoms with Gasteiger partial charge in [-0.15, -0.1) is 0 Å². The molecule has 76 valence electrons. The topological polar surface area (TPSA) is 52.4 Å². The van der Waals surface area contributed by atoms with Gasteiger partial charge in [-0.2, -0.15) is 0 Å². The van der Waals surface area contributed by atoms with Crippen LogP contribution in [0.5, 0.6) is 5.75 Å². The molecular weight excluding hydrogens is 318 g/mol. The van der Waals surface area contributed by atoms with Crippen LogP contribution in [0.1, 0.15) is 5.56 Å². The third kappa shape index (κ3) is 2.06. The number of rotatable bonds is 3. The molecule has 0 atom stereocenters. The Kier molecular flexibility index (Phi) is 3.88. The lowest BCUT2D eigenvalue weighted by molar-refractivity contribution is -0.385. The fraction of sp³-hybridized carbons (Fsp3) is 0.250. The van der Waals surface area contributed by atoms with Crippen LogP contribution in [0, 0.1) is 10.1 Å². The highest BCUT2D eigenvalue weighted by Gasteiger charge is 2.19. The van der Waals surface area contributed by atoms with Crippen molar-refractivity contribution >= 4 is 37.5 Å². The standard InChI is InChI=1S/C8H7Br2NO3/c1-14-8-5(4-9)6(10)2-3-7(8)11(12)13/h2-3H,4H2,1H3. The van der Waals surface area contributed by atoms with E-state index in [0.29, 0.717) is 11.1 Å². The van der Waals surface area contributed by atoms with E-state index in [1.807, 2.05) is 0 Å². The predicted molar refractivity (Wildman–Crippen MR) is 60.0 cm³/mol. The van der Waals surface area contributed by atoms with Crippen molar-refractivity contribution in [2.24, 2.45) is 0 Å². The molecule has 0 N–H and O–H groups in total. The van der Waals surface area contributed by atoms with E-state index < -0.39 is 4.92 Å². The summed E-state index contributed by atoms with van der Waals surface area (Å²) in [4.78, 5) is 10.2. The van der Waals surface area contributed by atoms with Gasteiger partial charge in [-0.3, -0.25) is 10.1 Å². The number of nitro groups is 1. The number of nitro benzene ring substituents is 1. The highest BCUT2D eigenvalue weighted by Crippen LogP contribution is 2.36. The number of halogens is 2. The van der Waals surface area contributed by atoms with Gasteiger partial charge in [0.15, 0.2) is 0 Å². The van der Waals surface area contributed by atoms with Crippen molar-refractivity contribution in [3.05, 3.63) is 32.3 Å². The Balaban J connectivity index is 3.40. The fourth-order valence-corrected chi connectivity index (χ4v) is 2.47. The van der Waals surface area contributed by atoms with Gasteiger partial charge >= 0.3 is 5.69 Å². The van der Waals surface area contributed by atoms with Crippen molar-refractivity contribution in [1.82, 2.24) is 0 Å². The summed E-state index contributed by atoms with van der Waals surface area (Å²) in [6.45, 7) is 0. The van der Waals surface area contributed by atoms with E-state index >= 15 is 0 Å². The summed E-state index contributed by atoms with van der Waals surface area (Å²) in [6, 6.07) is 3.05. The van der Waals surface area contributed by atoms with Crippen LogP contribution in [0.4, 0.5) is 5.69 Å². The predicted octanol–water partition coefficient (Wildman–Crippen LogP) is 3.26. The molecule has 14 heavy (non-hydrogen) atoms. The van der Waals surface area contributed by atoms with Crippen LogP contribution >= 0.6 is 31.9 Å². The second-order valence-electron chi connectivity index (χ2n) is 2.47. The lowest BCUT2D eigenvalue weighted by atomic mass is 10.2. The highest BCUT2D eigenvalue weighted by atomic mass is 79.9. The van der Waals surface area contributed by atoms with E-state index in [1.165, 1.54) is 13.2 Å². The molecule has 0 aliphatic rings. The lowest BCUT2D eigenvalue weighted by Gasteiger charge is -2.07. The van der Waals surface area contributed by atoms with Gasteiger partial charge < -0.3 is 4.74 Å². The maximum absolute atomic E-state index is 10.7. The molecule has 1 rings (SSSR count). The van der Waals surface area contributed by atoms with Gasteiger partial charge in [0, 0.05) is 21.4 Å². The van der Waals surface area contributed by atoms with Gasteiger partial charge in [0.25, 0.3) is 0 Å². The minimum absolute atomic E-state index is 0.0230. The largest absolute Gasteiger partial charge is 0.490 e. The van der Waals surface area contributed by atoms with E-state index in [2.05, 4.69) is 31.9 Å². The molecule has 0 fully saturated rings. The van der Waals surface area contributed by atoms with Crippen molar-refractivity contribution in [3.63, 3.8) is 0 Å². The van der Waals surface area contributed by atoms with Crippen LogP contribution < -0.4 is 4.74 Å². The lowest BCUT2D eigenvalue weighted by Crippen LogP contribution is -1.97. The van der Waals surface area contributed by atoms with Gasteiger partial charge in [0.2, 0.25) is 5.75 Å². The molecule has 0 aromatic heterocycles. The number of nitrogens with zero attached hydrogens (tertiary/aromatic N) is 1. The maximum atomic E-state index is 10.7. The van der Waals surface area contributed by atoms with Gasteiger partial charge in [-0.05, 0) is 6.07 Å².